The van der Waals surface area contributed by atoms with E-state index < -0.39 is 17.9 Å². The van der Waals surface area contributed by atoms with Crippen molar-refractivity contribution >= 4 is 35.4 Å². The van der Waals surface area contributed by atoms with Crippen molar-refractivity contribution in [2.45, 2.75) is 13.8 Å². The molecule has 0 N–H and O–H groups in total. The lowest BCUT2D eigenvalue weighted by Crippen LogP contribution is -2.26. The molecule has 0 spiro atoms. The van der Waals surface area contributed by atoms with E-state index in [1.807, 2.05) is 0 Å². The molecule has 0 saturated carbocycles. The lowest BCUT2D eigenvalue weighted by molar-refractivity contribution is -0.158. The molecule has 0 fully saturated rings. The Bertz CT molecular complexity index is 559. The highest BCUT2D eigenvalue weighted by atomic mass is 35.5. The third-order valence-electron chi connectivity index (χ3n) is 2.92. The van der Waals surface area contributed by atoms with Crippen LogP contribution in [0.4, 0.5) is 0 Å². The number of esters is 2. The molecule has 0 aliphatic heterocycles. The molecule has 0 aromatic heterocycles. The van der Waals surface area contributed by atoms with Crippen LogP contribution in [0.25, 0.3) is 6.08 Å². The lowest BCUT2D eigenvalue weighted by Gasteiger charge is -2.10. The van der Waals surface area contributed by atoms with Crippen molar-refractivity contribution in [1.29, 1.82) is 0 Å². The van der Waals surface area contributed by atoms with Gasteiger partial charge < -0.3 is 9.47 Å². The number of hydrogen-bond donors (Lipinski definition) is 0. The molecule has 0 aliphatic rings. The van der Waals surface area contributed by atoms with Crippen molar-refractivity contribution in [3.63, 3.8) is 0 Å². The van der Waals surface area contributed by atoms with E-state index in [1.54, 1.807) is 44.2 Å². The number of ether oxygens (including phenoxy) is 2. The average Bonchev–Trinajstić information content (AvgIpc) is 2.55. The number of hydrogen-bond acceptors (Lipinski definition) is 5. The number of ketones is 1. The van der Waals surface area contributed by atoms with E-state index in [1.165, 1.54) is 6.08 Å². The largest absolute Gasteiger partial charge is 0.465 e. The van der Waals surface area contributed by atoms with Crippen molar-refractivity contribution in [3.05, 3.63) is 41.5 Å². The zero-order valence-electron chi connectivity index (χ0n) is 13.1. The van der Waals surface area contributed by atoms with Crippen LogP contribution in [0, 0.1) is 5.92 Å². The molecule has 1 aromatic carbocycles. The summed E-state index contributed by atoms with van der Waals surface area (Å²) in [4.78, 5) is 35.1. The van der Waals surface area contributed by atoms with Gasteiger partial charge in [-0.3, -0.25) is 14.4 Å². The van der Waals surface area contributed by atoms with E-state index in [0.29, 0.717) is 5.56 Å². The number of Topliss-reactive ketones (excluding diaryl/α,β-unsaturated/α-hetero) is 1. The standard InChI is InChI=1S/C17H19ClO5/c1-3-22-16(20)14(17(21)23-4-2)10-7-12-5-8-13(9-6-12)15(19)11-18/h5-10,14H,3-4,11H2,1-2H3. The molecule has 124 valence electrons. The molecule has 5 nitrogen and oxygen atoms in total. The van der Waals surface area contributed by atoms with Gasteiger partial charge in [0.15, 0.2) is 11.7 Å². The van der Waals surface area contributed by atoms with Crippen LogP contribution in [-0.2, 0) is 19.1 Å². The Morgan fingerprint density at radius 3 is 2.00 bits per heavy atom. The second-order valence-electron chi connectivity index (χ2n) is 4.52. The van der Waals surface area contributed by atoms with Crippen molar-refractivity contribution < 1.29 is 23.9 Å². The van der Waals surface area contributed by atoms with E-state index in [9.17, 15) is 14.4 Å². The second kappa shape index (κ2) is 9.79. The SMILES string of the molecule is CCOC(=O)C(C=Cc1ccc(C(=O)CCl)cc1)C(=O)OCC. The van der Waals surface area contributed by atoms with Gasteiger partial charge in [-0.25, -0.2) is 0 Å². The van der Waals surface area contributed by atoms with Gasteiger partial charge in [-0.2, -0.15) is 0 Å². The maximum atomic E-state index is 11.8. The van der Waals surface area contributed by atoms with Crippen LogP contribution in [0.2, 0.25) is 0 Å². The van der Waals surface area contributed by atoms with Crippen molar-refractivity contribution in [3.8, 4) is 0 Å². The molecule has 1 aromatic rings. The van der Waals surface area contributed by atoms with Gasteiger partial charge >= 0.3 is 11.9 Å². The van der Waals surface area contributed by atoms with Gasteiger partial charge in [0, 0.05) is 5.56 Å². The average molecular weight is 339 g/mol. The number of carbonyl (C=O) groups excluding carboxylic acids is 3. The van der Waals surface area contributed by atoms with Crippen molar-refractivity contribution in [2.24, 2.45) is 5.92 Å². The molecule has 0 amide bonds. The summed E-state index contributed by atoms with van der Waals surface area (Å²) in [6, 6.07) is 6.66. The van der Waals surface area contributed by atoms with E-state index >= 15 is 0 Å². The highest BCUT2D eigenvalue weighted by Crippen LogP contribution is 2.12. The molecular weight excluding hydrogens is 320 g/mol. The van der Waals surface area contributed by atoms with Crippen LogP contribution in [0.3, 0.4) is 0 Å². The molecule has 0 unspecified atom stereocenters. The lowest BCUT2D eigenvalue weighted by atomic mass is 10.1. The first kappa shape index (κ1) is 18.9. The van der Waals surface area contributed by atoms with Gasteiger partial charge in [0.1, 0.15) is 0 Å². The number of halogens is 1. The first-order valence-corrected chi connectivity index (χ1v) is 7.77. The summed E-state index contributed by atoms with van der Waals surface area (Å²) in [6.45, 7) is 3.68. The Morgan fingerprint density at radius 2 is 1.57 bits per heavy atom. The van der Waals surface area contributed by atoms with Crippen LogP contribution in [0.5, 0.6) is 0 Å². The minimum Gasteiger partial charge on any atom is -0.465 e. The fraction of sp³-hybridized carbons (Fsp3) is 0.353. The fourth-order valence-electron chi connectivity index (χ4n) is 1.78. The molecule has 0 bridgehead atoms. The van der Waals surface area contributed by atoms with Crippen LogP contribution in [0.1, 0.15) is 29.8 Å². The second-order valence-corrected chi connectivity index (χ2v) is 4.79. The molecule has 0 heterocycles. The van der Waals surface area contributed by atoms with Gasteiger partial charge in [0.25, 0.3) is 0 Å². The number of alkyl halides is 1. The summed E-state index contributed by atoms with van der Waals surface area (Å²) in [5.74, 6) is -2.67. The Balaban J connectivity index is 2.89. The molecule has 0 aliphatic carbocycles. The highest BCUT2D eigenvalue weighted by Gasteiger charge is 2.26. The first-order chi connectivity index (χ1) is 11.0. The summed E-state index contributed by atoms with van der Waals surface area (Å²) >= 11 is 5.49. The third kappa shape index (κ3) is 5.87. The topological polar surface area (TPSA) is 69.7 Å². The van der Waals surface area contributed by atoms with Crippen LogP contribution < -0.4 is 0 Å². The maximum absolute atomic E-state index is 11.8. The predicted octanol–water partition coefficient (Wildman–Crippen LogP) is 2.86. The van der Waals surface area contributed by atoms with Gasteiger partial charge in [0.2, 0.25) is 0 Å². The minimum atomic E-state index is -1.11. The van der Waals surface area contributed by atoms with Crippen molar-refractivity contribution in [2.75, 3.05) is 19.1 Å². The van der Waals surface area contributed by atoms with Crippen LogP contribution in [0.15, 0.2) is 30.3 Å². The van der Waals surface area contributed by atoms with Crippen LogP contribution in [-0.4, -0.2) is 36.8 Å². The number of rotatable bonds is 8. The summed E-state index contributed by atoms with van der Waals surface area (Å²) in [5, 5.41) is 0. The molecule has 1 rings (SSSR count). The van der Waals surface area contributed by atoms with E-state index in [2.05, 4.69) is 0 Å². The quantitative estimate of drug-likeness (QED) is 0.315. The molecular formula is C17H19ClO5. The van der Waals surface area contributed by atoms with Crippen molar-refractivity contribution in [1.82, 2.24) is 0 Å². The number of carbonyl (C=O) groups is 3. The van der Waals surface area contributed by atoms with E-state index in [-0.39, 0.29) is 24.9 Å². The molecule has 0 radical (unpaired) electrons. The van der Waals surface area contributed by atoms with Gasteiger partial charge in [0.05, 0.1) is 19.1 Å². The zero-order valence-corrected chi connectivity index (χ0v) is 13.8. The summed E-state index contributed by atoms with van der Waals surface area (Å²) in [5.41, 5.74) is 1.24. The minimum absolute atomic E-state index is 0.0804. The molecule has 0 saturated heterocycles. The predicted molar refractivity (Wildman–Crippen MR) is 87.3 cm³/mol. The van der Waals surface area contributed by atoms with E-state index in [0.717, 1.165) is 5.56 Å². The third-order valence-corrected chi connectivity index (χ3v) is 3.16. The maximum Gasteiger partial charge on any atom is 0.324 e. The molecule has 6 heteroatoms. The van der Waals surface area contributed by atoms with Gasteiger partial charge in [-0.05, 0) is 19.4 Å². The van der Waals surface area contributed by atoms with Crippen LogP contribution >= 0.6 is 11.6 Å². The Hall–Kier alpha value is -2.14. The Morgan fingerprint density at radius 1 is 1.04 bits per heavy atom. The first-order valence-electron chi connectivity index (χ1n) is 7.24. The Kier molecular flexibility index (Phi) is 8.05. The summed E-state index contributed by atoms with van der Waals surface area (Å²) < 4.78 is 9.75. The van der Waals surface area contributed by atoms with Gasteiger partial charge in [-0.1, -0.05) is 36.4 Å². The zero-order chi connectivity index (χ0) is 17.2. The molecule has 23 heavy (non-hydrogen) atoms. The highest BCUT2D eigenvalue weighted by molar-refractivity contribution is 6.30. The normalized spacial score (nSPS) is 10.8. The molecule has 0 atom stereocenters. The van der Waals surface area contributed by atoms with E-state index in [4.69, 9.17) is 21.1 Å². The Labute approximate surface area is 140 Å². The summed E-state index contributed by atoms with van der Waals surface area (Å²) in [6.07, 6.45) is 3.03. The monoisotopic (exact) mass is 338 g/mol. The summed E-state index contributed by atoms with van der Waals surface area (Å²) in [7, 11) is 0. The van der Waals surface area contributed by atoms with Gasteiger partial charge in [-0.15, -0.1) is 11.6 Å². The fourth-order valence-corrected chi connectivity index (χ4v) is 1.94. The number of benzene rings is 1. The smallest absolute Gasteiger partial charge is 0.324 e.